The first-order valence-electron chi connectivity index (χ1n) is 9.98. The van der Waals surface area contributed by atoms with Crippen LogP contribution in [0.3, 0.4) is 0 Å². The molecule has 0 aliphatic carbocycles. The summed E-state index contributed by atoms with van der Waals surface area (Å²) in [5, 5.41) is 8.67. The lowest BCUT2D eigenvalue weighted by atomic mass is 10.3. The van der Waals surface area contributed by atoms with Crippen molar-refractivity contribution in [3.8, 4) is 0 Å². The molecule has 4 aromatic carbocycles. The highest BCUT2D eigenvalue weighted by Crippen LogP contribution is 2.44. The maximum atomic E-state index is 14.1. The number of benzene rings is 4. The third-order valence-corrected chi connectivity index (χ3v) is 9.59. The molecular weight excluding hydrogens is 422 g/mol. The summed E-state index contributed by atoms with van der Waals surface area (Å²) in [4.78, 5) is 0. The smallest absolute Gasteiger partial charge is 0.227 e. The van der Waals surface area contributed by atoms with Gasteiger partial charge in [0.05, 0.1) is 0 Å². The summed E-state index contributed by atoms with van der Waals surface area (Å²) in [6, 6.07) is 35.7. The van der Waals surface area contributed by atoms with Crippen LogP contribution in [0.5, 0.6) is 0 Å². The van der Waals surface area contributed by atoms with Crippen molar-refractivity contribution >= 4 is 41.9 Å². The Balaban J connectivity index is 1.60. The number of hydrogen-bond donors (Lipinski definition) is 2. The fourth-order valence-corrected chi connectivity index (χ4v) is 7.14. The van der Waals surface area contributed by atoms with E-state index in [0.717, 1.165) is 27.3 Å². The minimum Gasteiger partial charge on any atom is -0.333 e. The Bertz CT molecular complexity index is 1190. The van der Waals surface area contributed by atoms with Crippen molar-refractivity contribution in [2.45, 2.75) is 0 Å². The van der Waals surface area contributed by atoms with Gasteiger partial charge >= 0.3 is 0 Å². The molecule has 4 rings (SSSR count). The van der Waals surface area contributed by atoms with Gasteiger partial charge in [0.25, 0.3) is 0 Å². The Kier molecular flexibility index (Phi) is 6.13. The molecule has 31 heavy (non-hydrogen) atoms. The molecule has 0 fully saturated rings. The second-order valence-corrected chi connectivity index (χ2v) is 12.4. The molecule has 0 saturated heterocycles. The van der Waals surface area contributed by atoms with Crippen LogP contribution in [0.2, 0.25) is 0 Å². The lowest BCUT2D eigenvalue weighted by Crippen LogP contribution is -2.21. The molecule has 0 radical (unpaired) electrons. The number of rotatable bonds is 7. The summed E-state index contributed by atoms with van der Waals surface area (Å²) in [7, 11) is -5.82. The second kappa shape index (κ2) is 8.98. The standard InChI is InChI=1S/C25H24N2O2P2/c1-30(28,23-11-5-2-6-12-23)26-21-17-19-22(20-18-21)27-31(29,24-13-7-3-8-14-24)25-15-9-4-10-16-25/h2-20H,1H3,(H,26,28)(H,27,29). The van der Waals surface area contributed by atoms with Crippen LogP contribution >= 0.6 is 14.6 Å². The van der Waals surface area contributed by atoms with Crippen molar-refractivity contribution in [1.29, 1.82) is 0 Å². The summed E-state index contributed by atoms with van der Waals surface area (Å²) < 4.78 is 27.2. The highest BCUT2D eigenvalue weighted by atomic mass is 31.2. The molecule has 156 valence electrons. The largest absolute Gasteiger partial charge is 0.333 e. The first-order chi connectivity index (χ1) is 15.0. The molecule has 0 aliphatic heterocycles. The molecule has 1 atom stereocenters. The minimum absolute atomic E-state index is 0.729. The SMILES string of the molecule is CP(=O)(Nc1ccc(NP(=O)(c2ccccc2)c2ccccc2)cc1)c1ccccc1. The van der Waals surface area contributed by atoms with Crippen molar-refractivity contribution in [3.05, 3.63) is 115 Å². The highest BCUT2D eigenvalue weighted by molar-refractivity contribution is 7.80. The number of anilines is 2. The number of hydrogen-bond acceptors (Lipinski definition) is 2. The highest BCUT2D eigenvalue weighted by Gasteiger charge is 2.27. The Hall–Kier alpha value is -3.06. The molecule has 4 nitrogen and oxygen atoms in total. The predicted molar refractivity (Wildman–Crippen MR) is 133 cm³/mol. The van der Waals surface area contributed by atoms with Gasteiger partial charge in [-0.05, 0) is 60.7 Å². The van der Waals surface area contributed by atoms with Crippen LogP contribution in [-0.4, -0.2) is 6.66 Å². The van der Waals surface area contributed by atoms with Gasteiger partial charge in [-0.1, -0.05) is 54.6 Å². The van der Waals surface area contributed by atoms with Gasteiger partial charge in [-0.25, -0.2) is 0 Å². The molecular formula is C25H24N2O2P2. The van der Waals surface area contributed by atoms with Crippen molar-refractivity contribution < 1.29 is 9.13 Å². The first-order valence-corrected chi connectivity index (χ1v) is 13.8. The Morgan fingerprint density at radius 1 is 0.484 bits per heavy atom. The van der Waals surface area contributed by atoms with Gasteiger partial charge in [0, 0.05) is 34.0 Å². The zero-order valence-corrected chi connectivity index (χ0v) is 19.0. The summed E-state index contributed by atoms with van der Waals surface area (Å²) in [5.41, 5.74) is 1.47. The third-order valence-electron chi connectivity index (χ3n) is 5.00. The Morgan fingerprint density at radius 3 is 1.26 bits per heavy atom. The first kappa shape index (κ1) is 21.2. The molecule has 2 N–H and O–H groups in total. The molecule has 0 amide bonds. The molecule has 0 spiro atoms. The van der Waals surface area contributed by atoms with Crippen LogP contribution in [0.4, 0.5) is 11.4 Å². The van der Waals surface area contributed by atoms with Crippen molar-refractivity contribution in [2.24, 2.45) is 0 Å². The zero-order valence-electron chi connectivity index (χ0n) is 17.2. The van der Waals surface area contributed by atoms with E-state index < -0.39 is 14.6 Å². The monoisotopic (exact) mass is 446 g/mol. The van der Waals surface area contributed by atoms with Crippen molar-refractivity contribution in [3.63, 3.8) is 0 Å². The van der Waals surface area contributed by atoms with E-state index in [0.29, 0.717) is 0 Å². The minimum atomic E-state index is -3.08. The van der Waals surface area contributed by atoms with E-state index in [4.69, 9.17) is 0 Å². The lowest BCUT2D eigenvalue weighted by Gasteiger charge is -2.22. The molecule has 0 aliphatic rings. The van der Waals surface area contributed by atoms with Crippen LogP contribution in [0.25, 0.3) is 0 Å². The van der Waals surface area contributed by atoms with Gasteiger partial charge in [0.2, 0.25) is 7.29 Å². The summed E-state index contributed by atoms with van der Waals surface area (Å²) in [6.07, 6.45) is 0. The van der Waals surface area contributed by atoms with Gasteiger partial charge in [-0.2, -0.15) is 0 Å². The molecule has 0 saturated carbocycles. The average Bonchev–Trinajstić information content (AvgIpc) is 2.82. The van der Waals surface area contributed by atoms with Gasteiger partial charge in [-0.15, -0.1) is 0 Å². The predicted octanol–water partition coefficient (Wildman–Crippen LogP) is 5.67. The Labute approximate surface area is 183 Å². The van der Waals surface area contributed by atoms with Crippen molar-refractivity contribution in [2.75, 3.05) is 16.8 Å². The molecule has 1 unspecified atom stereocenters. The van der Waals surface area contributed by atoms with Crippen LogP contribution < -0.4 is 26.1 Å². The van der Waals surface area contributed by atoms with Gasteiger partial charge in [0.1, 0.15) is 0 Å². The van der Waals surface area contributed by atoms with Gasteiger partial charge < -0.3 is 10.2 Å². The fourth-order valence-electron chi connectivity index (χ4n) is 3.38. The van der Waals surface area contributed by atoms with E-state index in [9.17, 15) is 9.13 Å². The summed E-state index contributed by atoms with van der Waals surface area (Å²) >= 11 is 0. The van der Waals surface area contributed by atoms with Crippen LogP contribution in [0.1, 0.15) is 0 Å². The van der Waals surface area contributed by atoms with Gasteiger partial charge in [-0.3, -0.25) is 9.13 Å². The summed E-state index contributed by atoms with van der Waals surface area (Å²) in [5.74, 6) is 0. The molecule has 0 heterocycles. The van der Waals surface area contributed by atoms with Crippen LogP contribution in [0, 0.1) is 0 Å². The third kappa shape index (κ3) is 4.82. The van der Waals surface area contributed by atoms with E-state index in [1.54, 1.807) is 6.66 Å². The maximum absolute atomic E-state index is 14.1. The quantitative estimate of drug-likeness (QED) is 0.359. The Morgan fingerprint density at radius 2 is 0.839 bits per heavy atom. The second-order valence-electron chi connectivity index (χ2n) is 7.34. The van der Waals surface area contributed by atoms with Gasteiger partial charge in [0.15, 0.2) is 7.29 Å². The average molecular weight is 446 g/mol. The molecule has 0 aromatic heterocycles. The molecule has 0 bridgehead atoms. The van der Waals surface area contributed by atoms with E-state index >= 15 is 0 Å². The topological polar surface area (TPSA) is 58.2 Å². The molecule has 6 heteroatoms. The summed E-state index contributed by atoms with van der Waals surface area (Å²) in [6.45, 7) is 1.72. The van der Waals surface area contributed by atoms with E-state index in [-0.39, 0.29) is 0 Å². The number of nitrogens with one attached hydrogen (secondary N) is 2. The van der Waals surface area contributed by atoms with Crippen LogP contribution in [-0.2, 0) is 9.13 Å². The van der Waals surface area contributed by atoms with E-state index in [1.807, 2.05) is 115 Å². The maximum Gasteiger partial charge on any atom is 0.227 e. The van der Waals surface area contributed by atoms with E-state index in [2.05, 4.69) is 10.2 Å². The lowest BCUT2D eigenvalue weighted by molar-refractivity contribution is 0.587. The zero-order chi connectivity index (χ0) is 21.7. The van der Waals surface area contributed by atoms with Crippen molar-refractivity contribution in [1.82, 2.24) is 0 Å². The normalized spacial score (nSPS) is 13.2. The van der Waals surface area contributed by atoms with E-state index in [1.165, 1.54) is 0 Å². The molecule has 4 aromatic rings. The fraction of sp³-hybridized carbons (Fsp3) is 0.0400. The van der Waals surface area contributed by atoms with Crippen LogP contribution in [0.15, 0.2) is 115 Å².